The molecule has 1 amide bonds. The molecule has 39 heavy (non-hydrogen) atoms. The van der Waals surface area contributed by atoms with E-state index in [1.165, 1.54) is 62.0 Å². The third-order valence-corrected chi connectivity index (χ3v) is 8.08. The summed E-state index contributed by atoms with van der Waals surface area (Å²) in [6.07, 6.45) is 3.39. The number of hydrogen-bond acceptors (Lipinski definition) is 11. The molecule has 2 aromatic carbocycles. The summed E-state index contributed by atoms with van der Waals surface area (Å²) in [6, 6.07) is 10.3. The Bertz CT molecular complexity index is 1430. The van der Waals surface area contributed by atoms with Gasteiger partial charge >= 0.3 is 7.60 Å². The third kappa shape index (κ3) is 9.12. The molecule has 0 spiro atoms. The highest BCUT2D eigenvalue weighted by Gasteiger charge is 2.26. The maximum Gasteiger partial charge on any atom is 0.336 e. The highest BCUT2D eigenvalue weighted by Crippen LogP contribution is 2.51. The fraction of sp³-hybridized carbons (Fsp3) is 0.320. The van der Waals surface area contributed by atoms with Gasteiger partial charge in [0.05, 0.1) is 41.9 Å². The molecule has 0 bridgehead atoms. The summed E-state index contributed by atoms with van der Waals surface area (Å²) in [6.45, 7) is 3.24. The van der Waals surface area contributed by atoms with Crippen LogP contribution in [0.1, 0.15) is 29.9 Å². The van der Waals surface area contributed by atoms with Crippen LogP contribution in [-0.2, 0) is 29.6 Å². The summed E-state index contributed by atoms with van der Waals surface area (Å²) in [5.41, 5.74) is 0.518. The van der Waals surface area contributed by atoms with E-state index in [0.717, 1.165) is 6.26 Å². The molecule has 3 aromatic rings. The smallest absolute Gasteiger partial charge is 0.336 e. The van der Waals surface area contributed by atoms with E-state index in [-0.39, 0.29) is 53.3 Å². The summed E-state index contributed by atoms with van der Waals surface area (Å²) >= 11 is 0. The molecular formula is C25H30N3O9PS. The summed E-state index contributed by atoms with van der Waals surface area (Å²) in [7, 11) is -5.46. The van der Waals surface area contributed by atoms with Gasteiger partial charge in [0.25, 0.3) is 5.91 Å². The maximum absolute atomic E-state index is 13.0. The summed E-state index contributed by atoms with van der Waals surface area (Å²) in [5.74, 6) is 0.436. The topological polar surface area (TPSA) is 163 Å². The van der Waals surface area contributed by atoms with Crippen molar-refractivity contribution in [3.8, 4) is 17.2 Å². The lowest BCUT2D eigenvalue weighted by atomic mass is 10.2. The van der Waals surface area contributed by atoms with Crippen molar-refractivity contribution in [1.29, 1.82) is 0 Å². The summed E-state index contributed by atoms with van der Waals surface area (Å²) in [4.78, 5) is 21.5. The first-order chi connectivity index (χ1) is 18.4. The Morgan fingerprint density at radius 3 is 2.31 bits per heavy atom. The zero-order valence-corrected chi connectivity index (χ0v) is 23.6. The summed E-state index contributed by atoms with van der Waals surface area (Å²) < 4.78 is 57.8. The van der Waals surface area contributed by atoms with Crippen LogP contribution in [0.15, 0.2) is 59.8 Å². The molecule has 0 fully saturated rings. The van der Waals surface area contributed by atoms with Gasteiger partial charge in [0.2, 0.25) is 0 Å². The number of sulfone groups is 1. The van der Waals surface area contributed by atoms with E-state index in [0.29, 0.717) is 11.4 Å². The predicted octanol–water partition coefficient (Wildman–Crippen LogP) is 4.06. The monoisotopic (exact) mass is 579 g/mol. The lowest BCUT2D eigenvalue weighted by molar-refractivity contribution is 0.102. The second-order valence-electron chi connectivity index (χ2n) is 8.56. The first kappa shape index (κ1) is 30.2. The first-order valence-corrected chi connectivity index (χ1v) is 15.3. The molecule has 12 nitrogen and oxygen atoms in total. The third-order valence-electron chi connectivity index (χ3n) is 4.94. The Kier molecular flexibility index (Phi) is 10.2. The number of nitrogens with one attached hydrogen (secondary N) is 1. The molecule has 14 heteroatoms. The molecule has 1 heterocycles. The molecule has 0 aliphatic rings. The van der Waals surface area contributed by atoms with Crippen LogP contribution in [0.4, 0.5) is 5.82 Å². The van der Waals surface area contributed by atoms with Crippen molar-refractivity contribution in [3.63, 3.8) is 0 Å². The molecule has 1 atom stereocenters. The molecule has 210 valence electrons. The molecule has 1 aromatic heterocycles. The Balaban J connectivity index is 1.77. The van der Waals surface area contributed by atoms with Crippen LogP contribution >= 0.6 is 7.60 Å². The zero-order valence-electron chi connectivity index (χ0n) is 21.9. The van der Waals surface area contributed by atoms with Crippen LogP contribution in [0.3, 0.4) is 0 Å². The van der Waals surface area contributed by atoms with Gasteiger partial charge in [-0.2, -0.15) is 0 Å². The molecule has 0 saturated heterocycles. The van der Waals surface area contributed by atoms with E-state index in [1.54, 1.807) is 13.8 Å². The predicted molar refractivity (Wildman–Crippen MR) is 143 cm³/mol. The molecule has 0 aliphatic heterocycles. The minimum absolute atomic E-state index is 0.00758. The van der Waals surface area contributed by atoms with Gasteiger partial charge in [-0.05, 0) is 50.2 Å². The minimum atomic E-state index is -3.39. The van der Waals surface area contributed by atoms with Crippen LogP contribution in [0.25, 0.3) is 0 Å². The quantitative estimate of drug-likeness (QED) is 0.281. The van der Waals surface area contributed by atoms with Gasteiger partial charge in [-0.25, -0.2) is 13.4 Å². The van der Waals surface area contributed by atoms with E-state index in [9.17, 15) is 17.8 Å². The van der Waals surface area contributed by atoms with E-state index in [1.807, 2.05) is 0 Å². The van der Waals surface area contributed by atoms with E-state index < -0.39 is 23.3 Å². The van der Waals surface area contributed by atoms with Crippen molar-refractivity contribution >= 4 is 29.2 Å². The van der Waals surface area contributed by atoms with Crippen LogP contribution in [0, 0.1) is 0 Å². The number of aliphatic hydroxyl groups excluding tert-OH is 1. The van der Waals surface area contributed by atoms with Crippen molar-refractivity contribution in [2.75, 3.05) is 31.9 Å². The number of anilines is 1. The molecule has 0 radical (unpaired) electrons. The van der Waals surface area contributed by atoms with Crippen molar-refractivity contribution in [2.24, 2.45) is 0 Å². The number of aliphatic hydroxyl groups is 1. The first-order valence-electron chi connectivity index (χ1n) is 11.7. The number of benzene rings is 2. The van der Waals surface area contributed by atoms with Crippen LogP contribution < -0.4 is 14.8 Å². The SMILES string of the molecule is COP(=O)(Cc1cnc(NC(=O)c2cc(OCCO)cc(Oc3ccc(S(C)(=O)=O)cc3)c2)cn1)OC(C)C. The number of hydrogen-bond donors (Lipinski definition) is 2. The number of nitrogens with zero attached hydrogens (tertiary/aromatic N) is 2. The van der Waals surface area contributed by atoms with E-state index >= 15 is 0 Å². The molecular weight excluding hydrogens is 549 g/mol. The van der Waals surface area contributed by atoms with Gasteiger partial charge in [-0.3, -0.25) is 14.3 Å². The highest BCUT2D eigenvalue weighted by atomic mass is 32.2. The second-order valence-corrected chi connectivity index (χ2v) is 12.7. The Morgan fingerprint density at radius 1 is 1.05 bits per heavy atom. The number of ether oxygens (including phenoxy) is 2. The van der Waals surface area contributed by atoms with Gasteiger partial charge in [0.15, 0.2) is 15.7 Å². The van der Waals surface area contributed by atoms with Gasteiger partial charge in [0.1, 0.15) is 23.9 Å². The van der Waals surface area contributed by atoms with E-state index in [2.05, 4.69) is 15.3 Å². The lowest BCUT2D eigenvalue weighted by Gasteiger charge is -2.18. The van der Waals surface area contributed by atoms with Crippen molar-refractivity contribution in [3.05, 3.63) is 66.1 Å². The van der Waals surface area contributed by atoms with Gasteiger partial charge in [-0.1, -0.05) is 0 Å². The van der Waals surface area contributed by atoms with Crippen molar-refractivity contribution in [2.45, 2.75) is 31.0 Å². The van der Waals surface area contributed by atoms with Crippen LogP contribution in [0.2, 0.25) is 0 Å². The second kappa shape index (κ2) is 13.1. The maximum atomic E-state index is 13.0. The van der Waals surface area contributed by atoms with E-state index in [4.69, 9.17) is 23.6 Å². The van der Waals surface area contributed by atoms with Gasteiger partial charge < -0.3 is 28.9 Å². The average molecular weight is 580 g/mol. The molecule has 0 saturated carbocycles. The van der Waals surface area contributed by atoms with Crippen LogP contribution in [-0.4, -0.2) is 62.1 Å². The van der Waals surface area contributed by atoms with Gasteiger partial charge in [-0.15, -0.1) is 0 Å². The fourth-order valence-corrected chi connectivity index (χ4v) is 5.38. The molecule has 3 rings (SSSR count). The van der Waals surface area contributed by atoms with Crippen molar-refractivity contribution < 1.29 is 41.4 Å². The highest BCUT2D eigenvalue weighted by molar-refractivity contribution is 7.90. The normalized spacial score (nSPS) is 13.1. The summed E-state index contributed by atoms with van der Waals surface area (Å²) in [5, 5.41) is 11.7. The van der Waals surface area contributed by atoms with Crippen LogP contribution in [0.5, 0.6) is 17.2 Å². The Morgan fingerprint density at radius 2 is 1.74 bits per heavy atom. The number of rotatable bonds is 13. The molecule has 0 aliphatic carbocycles. The minimum Gasteiger partial charge on any atom is -0.491 e. The van der Waals surface area contributed by atoms with Gasteiger partial charge in [0, 0.05) is 25.0 Å². The number of carbonyl (C=O) groups is 1. The number of carbonyl (C=O) groups excluding carboxylic acids is 1. The number of amides is 1. The van der Waals surface area contributed by atoms with Crippen molar-refractivity contribution in [1.82, 2.24) is 9.97 Å². The standard InChI is InChI=1S/C25H30N3O9PS/c1-17(2)37-38(31,34-3)16-19-14-27-24(15-26-19)28-25(30)18-11-21(35-10-9-29)13-22(12-18)36-20-5-7-23(8-6-20)39(4,32)33/h5-8,11-15,17,29H,9-10,16H2,1-4H3,(H,27,28,30). The Hall–Kier alpha value is -3.35. The average Bonchev–Trinajstić information content (AvgIpc) is 2.88. The Labute approximate surface area is 226 Å². The molecule has 2 N–H and O–H groups in total. The lowest BCUT2D eigenvalue weighted by Crippen LogP contribution is -2.14. The largest absolute Gasteiger partial charge is 0.491 e. The number of aromatic nitrogens is 2. The zero-order chi connectivity index (χ0) is 28.6. The fourth-order valence-electron chi connectivity index (χ4n) is 3.25. The molecule has 1 unspecified atom stereocenters.